The lowest BCUT2D eigenvalue weighted by atomic mass is 9.83. The third kappa shape index (κ3) is 2.65. The second-order valence-corrected chi connectivity index (χ2v) is 8.15. The van der Waals surface area contributed by atoms with Gasteiger partial charge in [-0.2, -0.15) is 0 Å². The van der Waals surface area contributed by atoms with Crippen LogP contribution in [0.15, 0.2) is 0 Å². The Balaban J connectivity index is 1.53. The van der Waals surface area contributed by atoms with Crippen molar-refractivity contribution in [3.63, 3.8) is 0 Å². The van der Waals surface area contributed by atoms with Gasteiger partial charge in [0.2, 0.25) is 0 Å². The van der Waals surface area contributed by atoms with Gasteiger partial charge in [0.1, 0.15) is 0 Å². The van der Waals surface area contributed by atoms with E-state index < -0.39 is 0 Å². The minimum atomic E-state index is 0.318. The molecule has 2 saturated carbocycles. The van der Waals surface area contributed by atoms with E-state index in [4.69, 9.17) is 4.74 Å². The molecular weight excluding hydrogens is 288 g/mol. The van der Waals surface area contributed by atoms with Crippen LogP contribution in [0.1, 0.15) is 71.1 Å². The SMILES string of the molecule is CC1C(Br)CCC1CC1CCC2(CCCCC2)O1. The summed E-state index contributed by atoms with van der Waals surface area (Å²) in [6, 6.07) is 0. The van der Waals surface area contributed by atoms with Crippen LogP contribution < -0.4 is 0 Å². The summed E-state index contributed by atoms with van der Waals surface area (Å²) in [5.74, 6) is 1.75. The Labute approximate surface area is 120 Å². The summed E-state index contributed by atoms with van der Waals surface area (Å²) in [5, 5.41) is 0. The smallest absolute Gasteiger partial charge is 0.0687 e. The Hall–Kier alpha value is 0.440. The summed E-state index contributed by atoms with van der Waals surface area (Å²) in [4.78, 5) is 0.757. The molecule has 2 aliphatic carbocycles. The number of ether oxygens (including phenoxy) is 1. The lowest BCUT2D eigenvalue weighted by molar-refractivity contribution is -0.0708. The van der Waals surface area contributed by atoms with Crippen LogP contribution >= 0.6 is 15.9 Å². The average molecular weight is 315 g/mol. The molecule has 104 valence electrons. The lowest BCUT2D eigenvalue weighted by Crippen LogP contribution is -2.32. The van der Waals surface area contributed by atoms with Crippen molar-refractivity contribution < 1.29 is 4.74 Å². The summed E-state index contributed by atoms with van der Waals surface area (Å²) < 4.78 is 6.52. The summed E-state index contributed by atoms with van der Waals surface area (Å²) in [5.41, 5.74) is 0.318. The van der Waals surface area contributed by atoms with Crippen LogP contribution in [0.25, 0.3) is 0 Å². The third-order valence-corrected chi connectivity index (χ3v) is 7.09. The van der Waals surface area contributed by atoms with Gasteiger partial charge in [-0.15, -0.1) is 0 Å². The van der Waals surface area contributed by atoms with Crippen molar-refractivity contribution in [2.24, 2.45) is 11.8 Å². The molecule has 1 aliphatic heterocycles. The summed E-state index contributed by atoms with van der Waals surface area (Å²) in [6.07, 6.45) is 14.3. The fourth-order valence-electron chi connectivity index (χ4n) is 4.49. The summed E-state index contributed by atoms with van der Waals surface area (Å²) in [7, 11) is 0. The van der Waals surface area contributed by atoms with Gasteiger partial charge in [0.25, 0.3) is 0 Å². The maximum atomic E-state index is 6.52. The van der Waals surface area contributed by atoms with Gasteiger partial charge in [0.05, 0.1) is 11.7 Å². The van der Waals surface area contributed by atoms with Gasteiger partial charge in [-0.1, -0.05) is 42.1 Å². The predicted molar refractivity (Wildman–Crippen MR) is 79.1 cm³/mol. The van der Waals surface area contributed by atoms with Crippen LogP contribution in [-0.4, -0.2) is 16.5 Å². The second kappa shape index (κ2) is 5.44. The van der Waals surface area contributed by atoms with Crippen molar-refractivity contribution in [2.45, 2.75) is 87.7 Å². The summed E-state index contributed by atoms with van der Waals surface area (Å²) >= 11 is 3.82. The molecule has 0 aromatic heterocycles. The zero-order chi connectivity index (χ0) is 12.6. The van der Waals surface area contributed by atoms with E-state index in [0.717, 1.165) is 16.7 Å². The van der Waals surface area contributed by atoms with Gasteiger partial charge in [0.15, 0.2) is 0 Å². The van der Waals surface area contributed by atoms with E-state index in [-0.39, 0.29) is 0 Å². The minimum Gasteiger partial charge on any atom is -0.372 e. The van der Waals surface area contributed by atoms with E-state index in [1.807, 2.05) is 0 Å². The zero-order valence-electron chi connectivity index (χ0n) is 11.7. The topological polar surface area (TPSA) is 9.23 Å². The largest absolute Gasteiger partial charge is 0.372 e. The van der Waals surface area contributed by atoms with Crippen LogP contribution in [-0.2, 0) is 4.74 Å². The second-order valence-electron chi connectivity index (χ2n) is 6.97. The molecule has 0 bridgehead atoms. The molecule has 0 amide bonds. The molecule has 0 aromatic carbocycles. The number of hydrogen-bond donors (Lipinski definition) is 0. The molecule has 2 heteroatoms. The van der Waals surface area contributed by atoms with Gasteiger partial charge in [-0.05, 0) is 56.8 Å². The lowest BCUT2D eigenvalue weighted by Gasteiger charge is -2.34. The molecule has 4 unspecified atom stereocenters. The van der Waals surface area contributed by atoms with Crippen LogP contribution in [0.2, 0.25) is 0 Å². The maximum absolute atomic E-state index is 6.52. The first kappa shape index (κ1) is 13.4. The molecule has 1 heterocycles. The highest BCUT2D eigenvalue weighted by atomic mass is 79.9. The number of alkyl halides is 1. The minimum absolute atomic E-state index is 0.318. The zero-order valence-corrected chi connectivity index (χ0v) is 13.3. The monoisotopic (exact) mass is 314 g/mol. The standard InChI is InChI=1S/C16H27BrO/c1-12-13(5-6-15(12)17)11-14-7-10-16(18-14)8-3-2-4-9-16/h12-15H,2-11H2,1H3. The van der Waals surface area contributed by atoms with E-state index in [0.29, 0.717) is 11.7 Å². The molecule has 1 spiro atoms. The Morgan fingerprint density at radius 3 is 2.50 bits per heavy atom. The fraction of sp³-hybridized carbons (Fsp3) is 1.00. The van der Waals surface area contributed by atoms with Gasteiger partial charge < -0.3 is 4.74 Å². The van der Waals surface area contributed by atoms with Crippen LogP contribution in [0.4, 0.5) is 0 Å². The van der Waals surface area contributed by atoms with Crippen molar-refractivity contribution in [1.82, 2.24) is 0 Å². The molecule has 4 atom stereocenters. The molecule has 3 rings (SSSR count). The summed E-state index contributed by atoms with van der Waals surface area (Å²) in [6.45, 7) is 2.42. The number of hydrogen-bond acceptors (Lipinski definition) is 1. The highest BCUT2D eigenvalue weighted by molar-refractivity contribution is 9.09. The van der Waals surface area contributed by atoms with Gasteiger partial charge in [-0.3, -0.25) is 0 Å². The van der Waals surface area contributed by atoms with E-state index in [2.05, 4.69) is 22.9 Å². The Morgan fingerprint density at radius 2 is 1.83 bits per heavy atom. The third-order valence-electron chi connectivity index (χ3n) is 5.80. The first-order valence-electron chi connectivity index (χ1n) is 8.00. The molecule has 1 saturated heterocycles. The number of rotatable bonds is 2. The van der Waals surface area contributed by atoms with Crippen molar-refractivity contribution >= 4 is 15.9 Å². The Kier molecular flexibility index (Phi) is 4.06. The van der Waals surface area contributed by atoms with Crippen molar-refractivity contribution in [1.29, 1.82) is 0 Å². The molecule has 3 aliphatic rings. The highest BCUT2D eigenvalue weighted by Crippen LogP contribution is 2.46. The molecular formula is C16H27BrO. The highest BCUT2D eigenvalue weighted by Gasteiger charge is 2.42. The quantitative estimate of drug-likeness (QED) is 0.647. The van der Waals surface area contributed by atoms with Crippen LogP contribution in [0, 0.1) is 11.8 Å². The first-order chi connectivity index (χ1) is 8.69. The number of halogens is 1. The van der Waals surface area contributed by atoms with E-state index >= 15 is 0 Å². The van der Waals surface area contributed by atoms with Crippen molar-refractivity contribution in [3.8, 4) is 0 Å². The fourth-order valence-corrected chi connectivity index (χ4v) is 5.19. The van der Waals surface area contributed by atoms with Crippen molar-refractivity contribution in [2.75, 3.05) is 0 Å². The maximum Gasteiger partial charge on any atom is 0.0687 e. The van der Waals surface area contributed by atoms with E-state index in [1.54, 1.807) is 0 Å². The average Bonchev–Trinajstić information content (AvgIpc) is 2.90. The van der Waals surface area contributed by atoms with Crippen molar-refractivity contribution in [3.05, 3.63) is 0 Å². The van der Waals surface area contributed by atoms with E-state index in [9.17, 15) is 0 Å². The molecule has 0 N–H and O–H groups in total. The molecule has 18 heavy (non-hydrogen) atoms. The Bertz CT molecular complexity index is 285. The predicted octanol–water partition coefficient (Wildman–Crippen LogP) is 5.07. The molecule has 1 nitrogen and oxygen atoms in total. The normalized spacial score (nSPS) is 43.7. The molecule has 3 fully saturated rings. The van der Waals surface area contributed by atoms with Crippen LogP contribution in [0.5, 0.6) is 0 Å². The van der Waals surface area contributed by atoms with Gasteiger partial charge >= 0.3 is 0 Å². The van der Waals surface area contributed by atoms with Crippen LogP contribution in [0.3, 0.4) is 0 Å². The van der Waals surface area contributed by atoms with Gasteiger partial charge in [0, 0.05) is 4.83 Å². The van der Waals surface area contributed by atoms with Gasteiger partial charge in [-0.25, -0.2) is 0 Å². The van der Waals surface area contributed by atoms with E-state index in [1.165, 1.54) is 64.2 Å². The first-order valence-corrected chi connectivity index (χ1v) is 8.92. The Morgan fingerprint density at radius 1 is 1.06 bits per heavy atom. The molecule has 0 radical (unpaired) electrons. The molecule has 0 aromatic rings.